The van der Waals surface area contributed by atoms with Crippen molar-refractivity contribution in [1.29, 1.82) is 0 Å². The summed E-state index contributed by atoms with van der Waals surface area (Å²) in [6, 6.07) is 16.0. The van der Waals surface area contributed by atoms with Crippen molar-refractivity contribution in [2.24, 2.45) is 0 Å². The van der Waals surface area contributed by atoms with E-state index in [0.29, 0.717) is 0 Å². The van der Waals surface area contributed by atoms with E-state index in [9.17, 15) is 9.59 Å². The maximum Gasteiger partial charge on any atom is 0.359 e. The Morgan fingerprint density at radius 1 is 1.07 bits per heavy atom. The van der Waals surface area contributed by atoms with Gasteiger partial charge in [0.05, 0.1) is 11.1 Å². The van der Waals surface area contributed by atoms with Crippen LogP contribution in [0.4, 0.5) is 0 Å². The summed E-state index contributed by atoms with van der Waals surface area (Å²) in [4.78, 5) is 29.2. The molecule has 0 bridgehead atoms. The Kier molecular flexibility index (Phi) is 6.45. The van der Waals surface area contributed by atoms with E-state index in [1.165, 1.54) is 23.5 Å². The number of nitrogens with one attached hydrogen (secondary N) is 1. The highest BCUT2D eigenvalue weighted by atomic mass is 35.5. The van der Waals surface area contributed by atoms with Gasteiger partial charge in [0, 0.05) is 4.88 Å². The Hall–Kier alpha value is -2.41. The summed E-state index contributed by atoms with van der Waals surface area (Å²) in [7, 11) is 0. The van der Waals surface area contributed by atoms with Crippen LogP contribution in [-0.2, 0) is 9.53 Å². The van der Waals surface area contributed by atoms with Crippen LogP contribution in [0.25, 0.3) is 0 Å². The molecule has 3 aromatic rings. The van der Waals surface area contributed by atoms with Gasteiger partial charge in [0.2, 0.25) is 0 Å². The Balaban J connectivity index is 1.66. The van der Waals surface area contributed by atoms with Gasteiger partial charge in [0.1, 0.15) is 5.15 Å². The fourth-order valence-electron chi connectivity index (χ4n) is 2.38. The van der Waals surface area contributed by atoms with Crippen molar-refractivity contribution in [2.75, 3.05) is 6.61 Å². The number of carbonyl (C=O) groups excluding carboxylic acids is 2. The SMILES string of the molecule is O=C(COC(=O)c1nc(Cl)ccc1Cl)NC(c1ccccc1)c1cccs1. The number of nitrogens with zero attached hydrogens (tertiary/aromatic N) is 1. The monoisotopic (exact) mass is 420 g/mol. The molecule has 0 aliphatic carbocycles. The predicted molar refractivity (Wildman–Crippen MR) is 105 cm³/mol. The van der Waals surface area contributed by atoms with Crippen LogP contribution in [0.3, 0.4) is 0 Å². The van der Waals surface area contributed by atoms with Gasteiger partial charge in [0.25, 0.3) is 5.91 Å². The lowest BCUT2D eigenvalue weighted by Crippen LogP contribution is -2.32. The molecule has 2 aromatic heterocycles. The maximum absolute atomic E-state index is 12.3. The Labute approximate surface area is 169 Å². The second-order valence-electron chi connectivity index (χ2n) is 5.47. The summed E-state index contributed by atoms with van der Waals surface area (Å²) in [6.45, 7) is -0.460. The molecular weight excluding hydrogens is 407 g/mol. The summed E-state index contributed by atoms with van der Waals surface area (Å²) < 4.78 is 5.03. The van der Waals surface area contributed by atoms with E-state index in [2.05, 4.69) is 10.3 Å². The number of esters is 1. The van der Waals surface area contributed by atoms with Gasteiger partial charge in [0.15, 0.2) is 12.3 Å². The number of aromatic nitrogens is 1. The van der Waals surface area contributed by atoms with Crippen molar-refractivity contribution in [1.82, 2.24) is 10.3 Å². The molecule has 0 saturated heterocycles. The van der Waals surface area contributed by atoms with E-state index in [-0.39, 0.29) is 21.9 Å². The molecule has 1 aromatic carbocycles. The minimum Gasteiger partial charge on any atom is -0.451 e. The van der Waals surface area contributed by atoms with Crippen molar-refractivity contribution in [2.45, 2.75) is 6.04 Å². The molecule has 0 saturated carbocycles. The van der Waals surface area contributed by atoms with E-state index in [0.717, 1.165) is 10.4 Å². The molecule has 0 radical (unpaired) electrons. The van der Waals surface area contributed by atoms with Crippen LogP contribution in [0.15, 0.2) is 60.0 Å². The molecule has 1 amide bonds. The van der Waals surface area contributed by atoms with Gasteiger partial charge >= 0.3 is 5.97 Å². The molecule has 2 heterocycles. The minimum absolute atomic E-state index is 0.102. The van der Waals surface area contributed by atoms with Crippen LogP contribution in [0.2, 0.25) is 10.2 Å². The van der Waals surface area contributed by atoms with Gasteiger partial charge in [-0.2, -0.15) is 0 Å². The molecule has 0 aliphatic heterocycles. The van der Waals surface area contributed by atoms with Crippen LogP contribution < -0.4 is 5.32 Å². The van der Waals surface area contributed by atoms with E-state index in [4.69, 9.17) is 27.9 Å². The molecule has 0 fully saturated rings. The molecule has 0 aliphatic rings. The molecule has 5 nitrogen and oxygen atoms in total. The van der Waals surface area contributed by atoms with Crippen LogP contribution in [0.5, 0.6) is 0 Å². The van der Waals surface area contributed by atoms with Crippen molar-refractivity contribution in [3.63, 3.8) is 0 Å². The molecule has 138 valence electrons. The summed E-state index contributed by atoms with van der Waals surface area (Å²) >= 11 is 13.2. The standard InChI is InChI=1S/C19H14Cl2N2O3S/c20-13-8-9-15(21)22-18(13)19(25)26-11-16(24)23-17(14-7-4-10-27-14)12-5-2-1-3-6-12/h1-10,17H,11H2,(H,23,24). The largest absolute Gasteiger partial charge is 0.451 e. The summed E-state index contributed by atoms with van der Waals surface area (Å²) in [5.41, 5.74) is 0.800. The van der Waals surface area contributed by atoms with E-state index in [1.807, 2.05) is 47.8 Å². The average molecular weight is 421 g/mol. The zero-order valence-corrected chi connectivity index (χ0v) is 16.2. The van der Waals surface area contributed by atoms with Gasteiger partial charge in [-0.3, -0.25) is 4.79 Å². The van der Waals surface area contributed by atoms with Gasteiger partial charge < -0.3 is 10.1 Å². The average Bonchev–Trinajstić information content (AvgIpc) is 3.21. The lowest BCUT2D eigenvalue weighted by molar-refractivity contribution is -0.124. The molecule has 0 spiro atoms. The fraction of sp³-hybridized carbons (Fsp3) is 0.105. The predicted octanol–water partition coefficient (Wildman–Crippen LogP) is 4.51. The van der Waals surface area contributed by atoms with Gasteiger partial charge in [-0.05, 0) is 29.1 Å². The van der Waals surface area contributed by atoms with Crippen LogP contribution in [0.1, 0.15) is 27.0 Å². The third-order valence-electron chi connectivity index (χ3n) is 3.61. The van der Waals surface area contributed by atoms with Crippen molar-refractivity contribution >= 4 is 46.4 Å². The first-order chi connectivity index (χ1) is 13.0. The van der Waals surface area contributed by atoms with E-state index in [1.54, 1.807) is 0 Å². The number of ether oxygens (including phenoxy) is 1. The van der Waals surface area contributed by atoms with Crippen molar-refractivity contribution in [3.8, 4) is 0 Å². The van der Waals surface area contributed by atoms with Gasteiger partial charge in [-0.15, -0.1) is 11.3 Å². The third-order valence-corrected chi connectivity index (χ3v) is 5.06. The number of hydrogen-bond donors (Lipinski definition) is 1. The Morgan fingerprint density at radius 2 is 1.85 bits per heavy atom. The number of pyridine rings is 1. The topological polar surface area (TPSA) is 68.3 Å². The number of halogens is 2. The first-order valence-electron chi connectivity index (χ1n) is 7.91. The second-order valence-corrected chi connectivity index (χ2v) is 7.24. The number of thiophene rings is 1. The quantitative estimate of drug-likeness (QED) is 0.470. The Bertz CT molecular complexity index is 933. The number of hydrogen-bond acceptors (Lipinski definition) is 5. The smallest absolute Gasteiger partial charge is 0.359 e. The summed E-state index contributed by atoms with van der Waals surface area (Å²) in [5.74, 6) is -1.26. The normalized spacial score (nSPS) is 11.6. The lowest BCUT2D eigenvalue weighted by atomic mass is 10.1. The van der Waals surface area contributed by atoms with Crippen LogP contribution >= 0.6 is 34.5 Å². The molecule has 1 atom stereocenters. The van der Waals surface area contributed by atoms with Gasteiger partial charge in [-0.25, -0.2) is 9.78 Å². The zero-order valence-electron chi connectivity index (χ0n) is 13.9. The highest BCUT2D eigenvalue weighted by molar-refractivity contribution is 7.10. The number of amides is 1. The lowest BCUT2D eigenvalue weighted by Gasteiger charge is -2.18. The summed E-state index contributed by atoms with van der Waals surface area (Å²) in [5, 5.41) is 5.03. The van der Waals surface area contributed by atoms with Crippen molar-refractivity contribution in [3.05, 3.63) is 86.3 Å². The third kappa shape index (κ3) is 5.07. The molecule has 27 heavy (non-hydrogen) atoms. The van der Waals surface area contributed by atoms with Gasteiger partial charge in [-0.1, -0.05) is 59.6 Å². The fourth-order valence-corrected chi connectivity index (χ4v) is 3.52. The highest BCUT2D eigenvalue weighted by Crippen LogP contribution is 2.26. The maximum atomic E-state index is 12.3. The highest BCUT2D eigenvalue weighted by Gasteiger charge is 2.20. The number of carbonyl (C=O) groups is 2. The van der Waals surface area contributed by atoms with Crippen molar-refractivity contribution < 1.29 is 14.3 Å². The minimum atomic E-state index is -0.815. The van der Waals surface area contributed by atoms with Crippen LogP contribution in [-0.4, -0.2) is 23.5 Å². The zero-order chi connectivity index (χ0) is 19.2. The molecule has 8 heteroatoms. The second kappa shape index (κ2) is 8.99. The summed E-state index contributed by atoms with van der Waals surface area (Å²) in [6.07, 6.45) is 0. The van der Waals surface area contributed by atoms with E-state index >= 15 is 0 Å². The molecular formula is C19H14Cl2N2O3S. The Morgan fingerprint density at radius 3 is 2.56 bits per heavy atom. The van der Waals surface area contributed by atoms with Crippen LogP contribution in [0, 0.1) is 0 Å². The molecule has 3 rings (SSSR count). The van der Waals surface area contributed by atoms with E-state index < -0.39 is 18.5 Å². The number of rotatable bonds is 6. The molecule has 1 unspecified atom stereocenters. The first-order valence-corrected chi connectivity index (χ1v) is 9.55. The first kappa shape index (κ1) is 19.4. The molecule has 1 N–H and O–H groups in total. The number of benzene rings is 1.